The molecule has 1 rings (SSSR count). The van der Waals surface area contributed by atoms with Gasteiger partial charge in [-0.2, -0.15) is 0 Å². The minimum atomic E-state index is 1.05. The molecule has 0 aromatic heterocycles. The predicted molar refractivity (Wildman–Crippen MR) is 39.9 cm³/mol. The summed E-state index contributed by atoms with van der Waals surface area (Å²) in [4.78, 5) is 0. The van der Waals surface area contributed by atoms with Crippen molar-refractivity contribution in [2.75, 3.05) is 0 Å². The molecule has 0 heterocycles. The highest BCUT2D eigenvalue weighted by molar-refractivity contribution is 5.23. The van der Waals surface area contributed by atoms with E-state index in [1.165, 1.54) is 18.4 Å². The Bertz CT molecular complexity index is 145. The molecule has 0 atom stereocenters. The summed E-state index contributed by atoms with van der Waals surface area (Å²) in [6, 6.07) is 0. The third-order valence-corrected chi connectivity index (χ3v) is 1.80. The van der Waals surface area contributed by atoms with Crippen LogP contribution in [-0.4, -0.2) is 0 Å². The van der Waals surface area contributed by atoms with Crippen LogP contribution in [0.5, 0.6) is 0 Å². The Kier molecular flexibility index (Phi) is 1.93. The molecule has 1 heteroatoms. The molecule has 2 N–H and O–H groups in total. The molecule has 0 aliphatic heterocycles. The van der Waals surface area contributed by atoms with Gasteiger partial charge in [0.2, 0.25) is 0 Å². The Labute approximate surface area is 56.2 Å². The number of rotatable bonds is 1. The van der Waals surface area contributed by atoms with Gasteiger partial charge in [0.1, 0.15) is 0 Å². The van der Waals surface area contributed by atoms with E-state index in [1.807, 2.05) is 6.08 Å². The standard InChI is InChI=1S/C8H13N/c1-2-7-5-3-4-6-8(7)9/h2H,1,3-6,9H2. The van der Waals surface area contributed by atoms with Gasteiger partial charge in [-0.05, 0) is 31.3 Å². The van der Waals surface area contributed by atoms with Crippen molar-refractivity contribution in [1.29, 1.82) is 0 Å². The first-order chi connectivity index (χ1) is 4.34. The molecular weight excluding hydrogens is 110 g/mol. The molecule has 1 aliphatic rings. The third kappa shape index (κ3) is 1.35. The lowest BCUT2D eigenvalue weighted by Gasteiger charge is -2.13. The van der Waals surface area contributed by atoms with Gasteiger partial charge in [-0.15, -0.1) is 0 Å². The molecule has 1 aliphatic carbocycles. The fourth-order valence-electron chi connectivity index (χ4n) is 1.19. The van der Waals surface area contributed by atoms with E-state index in [-0.39, 0.29) is 0 Å². The minimum absolute atomic E-state index is 1.05. The maximum absolute atomic E-state index is 5.70. The zero-order valence-corrected chi connectivity index (χ0v) is 5.69. The van der Waals surface area contributed by atoms with E-state index in [2.05, 4.69) is 6.58 Å². The fourth-order valence-corrected chi connectivity index (χ4v) is 1.19. The summed E-state index contributed by atoms with van der Waals surface area (Å²) in [5.41, 5.74) is 8.02. The largest absolute Gasteiger partial charge is 0.402 e. The molecule has 1 nitrogen and oxygen atoms in total. The van der Waals surface area contributed by atoms with Crippen LogP contribution in [-0.2, 0) is 0 Å². The molecule has 0 spiro atoms. The topological polar surface area (TPSA) is 26.0 Å². The summed E-state index contributed by atoms with van der Waals surface area (Å²) >= 11 is 0. The molecule has 0 unspecified atom stereocenters. The van der Waals surface area contributed by atoms with Crippen LogP contribution in [0.1, 0.15) is 25.7 Å². The molecule has 0 radical (unpaired) electrons. The van der Waals surface area contributed by atoms with Crippen molar-refractivity contribution >= 4 is 0 Å². The van der Waals surface area contributed by atoms with Crippen molar-refractivity contribution in [3.63, 3.8) is 0 Å². The molecule has 0 amide bonds. The Morgan fingerprint density at radius 3 is 2.44 bits per heavy atom. The highest BCUT2D eigenvalue weighted by Gasteiger charge is 2.05. The average molecular weight is 123 g/mol. The predicted octanol–water partition coefficient (Wildman–Crippen LogP) is 1.96. The Morgan fingerprint density at radius 1 is 1.33 bits per heavy atom. The number of hydrogen-bond donors (Lipinski definition) is 1. The summed E-state index contributed by atoms with van der Waals surface area (Å²) in [7, 11) is 0. The van der Waals surface area contributed by atoms with Gasteiger partial charge >= 0.3 is 0 Å². The van der Waals surface area contributed by atoms with Gasteiger partial charge in [-0.3, -0.25) is 0 Å². The Hall–Kier alpha value is -0.720. The maximum atomic E-state index is 5.70. The van der Waals surface area contributed by atoms with E-state index < -0.39 is 0 Å². The van der Waals surface area contributed by atoms with E-state index in [0.717, 1.165) is 18.5 Å². The van der Waals surface area contributed by atoms with Gasteiger partial charge in [0, 0.05) is 5.70 Å². The quantitative estimate of drug-likeness (QED) is 0.566. The molecule has 0 bridgehead atoms. The first-order valence-electron chi connectivity index (χ1n) is 3.44. The van der Waals surface area contributed by atoms with E-state index in [1.54, 1.807) is 0 Å². The van der Waals surface area contributed by atoms with Crippen LogP contribution in [0, 0.1) is 0 Å². The zero-order valence-electron chi connectivity index (χ0n) is 5.69. The van der Waals surface area contributed by atoms with Crippen molar-refractivity contribution in [2.24, 2.45) is 5.73 Å². The normalized spacial score (nSPS) is 20.0. The van der Waals surface area contributed by atoms with Gasteiger partial charge < -0.3 is 5.73 Å². The monoisotopic (exact) mass is 123 g/mol. The Balaban J connectivity index is 2.70. The van der Waals surface area contributed by atoms with Crippen LogP contribution in [0.25, 0.3) is 0 Å². The highest BCUT2D eigenvalue weighted by Crippen LogP contribution is 2.21. The number of hydrogen-bond acceptors (Lipinski definition) is 1. The first-order valence-corrected chi connectivity index (χ1v) is 3.44. The third-order valence-electron chi connectivity index (χ3n) is 1.80. The maximum Gasteiger partial charge on any atom is 0.0113 e. The van der Waals surface area contributed by atoms with Crippen molar-refractivity contribution in [1.82, 2.24) is 0 Å². The van der Waals surface area contributed by atoms with E-state index in [4.69, 9.17) is 5.73 Å². The minimum Gasteiger partial charge on any atom is -0.402 e. The summed E-state index contributed by atoms with van der Waals surface area (Å²) in [6.45, 7) is 3.70. The molecule has 0 aromatic carbocycles. The highest BCUT2D eigenvalue weighted by atomic mass is 14.6. The van der Waals surface area contributed by atoms with Gasteiger partial charge in [-0.1, -0.05) is 12.7 Å². The molecule has 0 fully saturated rings. The first kappa shape index (κ1) is 6.40. The summed E-state index contributed by atoms with van der Waals surface area (Å²) in [5.74, 6) is 0. The van der Waals surface area contributed by atoms with Crippen LogP contribution in [0.15, 0.2) is 23.9 Å². The van der Waals surface area contributed by atoms with Gasteiger partial charge in [0.05, 0.1) is 0 Å². The van der Waals surface area contributed by atoms with Crippen LogP contribution in [0.3, 0.4) is 0 Å². The lowest BCUT2D eigenvalue weighted by Crippen LogP contribution is -2.05. The number of allylic oxidation sites excluding steroid dienone is 3. The lowest BCUT2D eigenvalue weighted by atomic mass is 9.97. The van der Waals surface area contributed by atoms with Gasteiger partial charge in [0.15, 0.2) is 0 Å². The van der Waals surface area contributed by atoms with Crippen LogP contribution in [0.2, 0.25) is 0 Å². The molecular formula is C8H13N. The zero-order chi connectivity index (χ0) is 6.69. The summed E-state index contributed by atoms with van der Waals surface area (Å²) in [5, 5.41) is 0. The fraction of sp³-hybridized carbons (Fsp3) is 0.500. The second-order valence-corrected chi connectivity index (χ2v) is 2.46. The molecule has 9 heavy (non-hydrogen) atoms. The van der Waals surface area contributed by atoms with Crippen molar-refractivity contribution < 1.29 is 0 Å². The van der Waals surface area contributed by atoms with Gasteiger partial charge in [-0.25, -0.2) is 0 Å². The van der Waals surface area contributed by atoms with Crippen molar-refractivity contribution in [2.45, 2.75) is 25.7 Å². The van der Waals surface area contributed by atoms with E-state index in [0.29, 0.717) is 0 Å². The van der Waals surface area contributed by atoms with E-state index >= 15 is 0 Å². The van der Waals surface area contributed by atoms with E-state index in [9.17, 15) is 0 Å². The van der Waals surface area contributed by atoms with Crippen LogP contribution in [0.4, 0.5) is 0 Å². The van der Waals surface area contributed by atoms with Crippen LogP contribution < -0.4 is 5.73 Å². The number of nitrogens with two attached hydrogens (primary N) is 1. The average Bonchev–Trinajstić information content (AvgIpc) is 1.89. The van der Waals surface area contributed by atoms with Gasteiger partial charge in [0.25, 0.3) is 0 Å². The second-order valence-electron chi connectivity index (χ2n) is 2.46. The Morgan fingerprint density at radius 2 is 2.00 bits per heavy atom. The van der Waals surface area contributed by atoms with Crippen molar-refractivity contribution in [3.8, 4) is 0 Å². The van der Waals surface area contributed by atoms with Crippen molar-refractivity contribution in [3.05, 3.63) is 23.9 Å². The molecule has 50 valence electrons. The molecule has 0 saturated heterocycles. The molecule has 0 saturated carbocycles. The lowest BCUT2D eigenvalue weighted by molar-refractivity contribution is 0.677. The SMILES string of the molecule is C=CC1=C(N)CCCC1. The molecule has 0 aromatic rings. The summed E-state index contributed by atoms with van der Waals surface area (Å²) < 4.78 is 0. The summed E-state index contributed by atoms with van der Waals surface area (Å²) in [6.07, 6.45) is 6.62. The smallest absolute Gasteiger partial charge is 0.0113 e. The van der Waals surface area contributed by atoms with Crippen LogP contribution >= 0.6 is 0 Å². The second kappa shape index (κ2) is 2.72.